The molecule has 0 saturated carbocycles. The van der Waals surface area contributed by atoms with Gasteiger partial charge < -0.3 is 0 Å². The highest BCUT2D eigenvalue weighted by molar-refractivity contribution is 6.36. The fourth-order valence-electron chi connectivity index (χ4n) is 1.34. The van der Waals surface area contributed by atoms with Gasteiger partial charge in [0.1, 0.15) is 11.6 Å². The molecule has 2 aromatic carbocycles. The Bertz CT molecular complexity index is 539. The van der Waals surface area contributed by atoms with Gasteiger partial charge in [-0.2, -0.15) is 0 Å². The SMILES string of the molecule is Fc1ccc(-c2[c]ccc(F)c2Cl)c(Cl)c1. The van der Waals surface area contributed by atoms with Crippen molar-refractivity contribution in [3.05, 3.63) is 58.1 Å². The van der Waals surface area contributed by atoms with Crippen LogP contribution in [0.15, 0.2) is 30.3 Å². The molecule has 16 heavy (non-hydrogen) atoms. The summed E-state index contributed by atoms with van der Waals surface area (Å²) in [7, 11) is 0. The predicted molar refractivity (Wildman–Crippen MR) is 60.7 cm³/mol. The van der Waals surface area contributed by atoms with Gasteiger partial charge in [-0.05, 0) is 30.3 Å². The summed E-state index contributed by atoms with van der Waals surface area (Å²) in [4.78, 5) is 0. The van der Waals surface area contributed by atoms with Gasteiger partial charge in [0.15, 0.2) is 0 Å². The lowest BCUT2D eigenvalue weighted by Gasteiger charge is -2.06. The molecule has 0 aliphatic heterocycles. The highest BCUT2D eigenvalue weighted by atomic mass is 35.5. The van der Waals surface area contributed by atoms with Gasteiger partial charge in [0, 0.05) is 11.1 Å². The first kappa shape index (κ1) is 11.4. The molecule has 0 aliphatic rings. The lowest BCUT2D eigenvalue weighted by Crippen LogP contribution is -1.86. The summed E-state index contributed by atoms with van der Waals surface area (Å²) in [6.45, 7) is 0. The summed E-state index contributed by atoms with van der Waals surface area (Å²) in [5.74, 6) is -1.02. The van der Waals surface area contributed by atoms with Crippen LogP contribution < -0.4 is 0 Å². The van der Waals surface area contributed by atoms with Gasteiger partial charge in [-0.3, -0.25) is 0 Å². The van der Waals surface area contributed by atoms with Crippen LogP contribution in [0.5, 0.6) is 0 Å². The first-order chi connectivity index (χ1) is 7.59. The zero-order valence-electron chi connectivity index (χ0n) is 7.90. The Morgan fingerprint density at radius 3 is 2.50 bits per heavy atom. The van der Waals surface area contributed by atoms with Gasteiger partial charge >= 0.3 is 0 Å². The zero-order chi connectivity index (χ0) is 11.7. The number of halogens is 4. The van der Waals surface area contributed by atoms with Crippen LogP contribution >= 0.6 is 23.2 Å². The van der Waals surface area contributed by atoms with E-state index in [4.69, 9.17) is 23.2 Å². The maximum Gasteiger partial charge on any atom is 0.142 e. The maximum absolute atomic E-state index is 13.2. The average Bonchev–Trinajstić information content (AvgIpc) is 2.23. The quantitative estimate of drug-likeness (QED) is 0.693. The summed E-state index contributed by atoms with van der Waals surface area (Å²) >= 11 is 11.6. The molecular weight excluding hydrogens is 253 g/mol. The lowest BCUT2D eigenvalue weighted by atomic mass is 10.1. The molecule has 0 nitrogen and oxygen atoms in total. The molecule has 1 radical (unpaired) electrons. The van der Waals surface area contributed by atoms with Crippen LogP contribution in [-0.4, -0.2) is 0 Å². The fourth-order valence-corrected chi connectivity index (χ4v) is 1.82. The summed E-state index contributed by atoms with van der Waals surface area (Å²) in [5.41, 5.74) is 0.777. The van der Waals surface area contributed by atoms with Gasteiger partial charge in [-0.25, -0.2) is 8.78 Å². The summed E-state index contributed by atoms with van der Waals surface area (Å²) in [5, 5.41) is 0.0970. The molecule has 2 aromatic rings. The summed E-state index contributed by atoms with van der Waals surface area (Å²) in [6.07, 6.45) is 0. The van der Waals surface area contributed by atoms with E-state index in [1.165, 1.54) is 24.3 Å². The molecule has 0 N–H and O–H groups in total. The Morgan fingerprint density at radius 2 is 1.81 bits per heavy atom. The van der Waals surface area contributed by atoms with E-state index in [9.17, 15) is 8.78 Å². The number of hydrogen-bond donors (Lipinski definition) is 0. The Kier molecular flexibility index (Phi) is 3.13. The van der Waals surface area contributed by atoms with E-state index >= 15 is 0 Å². The molecule has 0 aliphatic carbocycles. The minimum Gasteiger partial charge on any atom is -0.207 e. The highest BCUT2D eigenvalue weighted by Gasteiger charge is 2.11. The van der Waals surface area contributed by atoms with Crippen molar-refractivity contribution in [2.75, 3.05) is 0 Å². The maximum atomic E-state index is 13.2. The predicted octanol–water partition coefficient (Wildman–Crippen LogP) is 4.74. The highest BCUT2D eigenvalue weighted by Crippen LogP contribution is 2.34. The molecule has 0 heterocycles. The Balaban J connectivity index is 2.63. The standard InChI is InChI=1S/C12H5Cl2F2/c13-10-6-7(15)4-5-8(10)9-2-1-3-11(16)12(9)14/h1,3-6H. The van der Waals surface area contributed by atoms with Crippen LogP contribution in [0.25, 0.3) is 11.1 Å². The minimum absolute atomic E-state index is 0.0731. The van der Waals surface area contributed by atoms with E-state index < -0.39 is 11.6 Å². The Morgan fingerprint density at radius 1 is 1.06 bits per heavy atom. The lowest BCUT2D eigenvalue weighted by molar-refractivity contribution is 0.627. The Labute approximate surface area is 101 Å². The molecule has 4 heteroatoms. The van der Waals surface area contributed by atoms with E-state index in [0.29, 0.717) is 11.1 Å². The molecule has 0 saturated heterocycles. The smallest absolute Gasteiger partial charge is 0.142 e. The molecule has 0 aromatic heterocycles. The second-order valence-corrected chi connectivity index (χ2v) is 3.92. The average molecular weight is 258 g/mol. The van der Waals surface area contributed by atoms with Gasteiger partial charge in [0.25, 0.3) is 0 Å². The van der Waals surface area contributed by atoms with Crippen LogP contribution in [0.4, 0.5) is 8.78 Å². The van der Waals surface area contributed by atoms with Crippen molar-refractivity contribution in [2.24, 2.45) is 0 Å². The third-order valence-corrected chi connectivity index (χ3v) is 2.77. The van der Waals surface area contributed by atoms with Crippen molar-refractivity contribution in [3.63, 3.8) is 0 Å². The molecule has 81 valence electrons. The summed E-state index contributed by atoms with van der Waals surface area (Å²) < 4.78 is 26.0. The molecule has 0 amide bonds. The van der Waals surface area contributed by atoms with Gasteiger partial charge in [-0.1, -0.05) is 29.3 Å². The third-order valence-electron chi connectivity index (χ3n) is 2.09. The summed E-state index contributed by atoms with van der Waals surface area (Å²) in [6, 6.07) is 9.19. The fraction of sp³-hybridized carbons (Fsp3) is 0. The molecule has 0 spiro atoms. The first-order valence-corrected chi connectivity index (χ1v) is 5.16. The van der Waals surface area contributed by atoms with Crippen LogP contribution in [0.3, 0.4) is 0 Å². The second kappa shape index (κ2) is 4.40. The molecule has 0 fully saturated rings. The first-order valence-electron chi connectivity index (χ1n) is 4.40. The zero-order valence-corrected chi connectivity index (χ0v) is 9.41. The molecule has 0 unspecified atom stereocenters. The van der Waals surface area contributed by atoms with Gasteiger partial charge in [0.2, 0.25) is 0 Å². The van der Waals surface area contributed by atoms with Crippen LogP contribution in [0.1, 0.15) is 0 Å². The van der Waals surface area contributed by atoms with Gasteiger partial charge in [0.05, 0.1) is 10.0 Å². The topological polar surface area (TPSA) is 0 Å². The van der Waals surface area contributed by atoms with E-state index in [2.05, 4.69) is 6.07 Å². The normalized spacial score (nSPS) is 10.5. The largest absolute Gasteiger partial charge is 0.207 e. The number of rotatable bonds is 1. The number of benzene rings is 2. The van der Waals surface area contributed by atoms with Crippen LogP contribution in [-0.2, 0) is 0 Å². The van der Waals surface area contributed by atoms with E-state index in [1.54, 1.807) is 0 Å². The van der Waals surface area contributed by atoms with Gasteiger partial charge in [-0.15, -0.1) is 0 Å². The number of hydrogen-bond acceptors (Lipinski definition) is 0. The van der Waals surface area contributed by atoms with E-state index in [0.717, 1.165) is 6.07 Å². The van der Waals surface area contributed by atoms with E-state index in [1.807, 2.05) is 0 Å². The van der Waals surface area contributed by atoms with Crippen molar-refractivity contribution in [1.29, 1.82) is 0 Å². The van der Waals surface area contributed by atoms with Crippen LogP contribution in [0.2, 0.25) is 10.0 Å². The van der Waals surface area contributed by atoms with Crippen LogP contribution in [0, 0.1) is 17.7 Å². The minimum atomic E-state index is -0.559. The van der Waals surface area contributed by atoms with Crippen molar-refractivity contribution < 1.29 is 8.78 Å². The van der Waals surface area contributed by atoms with Crippen molar-refractivity contribution in [3.8, 4) is 11.1 Å². The van der Waals surface area contributed by atoms with Crippen molar-refractivity contribution in [2.45, 2.75) is 0 Å². The molecule has 0 atom stereocenters. The molecule has 2 rings (SSSR count). The molecule has 0 bridgehead atoms. The monoisotopic (exact) mass is 257 g/mol. The molecular formula is C12H5Cl2F2. The van der Waals surface area contributed by atoms with Crippen molar-refractivity contribution in [1.82, 2.24) is 0 Å². The van der Waals surface area contributed by atoms with Crippen molar-refractivity contribution >= 4 is 23.2 Å². The van der Waals surface area contributed by atoms with E-state index in [-0.39, 0.29) is 10.0 Å². The second-order valence-electron chi connectivity index (χ2n) is 3.14. The third kappa shape index (κ3) is 2.04. The Hall–Kier alpha value is -1.12.